The topological polar surface area (TPSA) is 41.6 Å². The zero-order valence-electron chi connectivity index (χ0n) is 10.1. The first-order valence-corrected chi connectivity index (χ1v) is 6.79. The van der Waals surface area contributed by atoms with Gasteiger partial charge in [0.25, 0.3) is 0 Å². The zero-order valence-corrected chi connectivity index (χ0v) is 10.9. The Kier molecular flexibility index (Phi) is 3.02. The van der Waals surface area contributed by atoms with Crippen LogP contribution in [0.3, 0.4) is 0 Å². The average molecular weight is 255 g/mol. The van der Waals surface area contributed by atoms with Crippen LogP contribution in [0.1, 0.15) is 11.4 Å². The summed E-state index contributed by atoms with van der Waals surface area (Å²) in [5.74, 6) is 1.80. The van der Waals surface area contributed by atoms with Crippen LogP contribution in [0.15, 0.2) is 47.6 Å². The molecule has 2 aromatic heterocycles. The van der Waals surface area contributed by atoms with Gasteiger partial charge in [-0.25, -0.2) is 9.97 Å². The number of aryl methyl sites for hydroxylation is 1. The molecular formula is C14H13N3S. The van der Waals surface area contributed by atoms with Crippen molar-refractivity contribution < 1.29 is 0 Å². The SMILES string of the molecule is Cc1ccc2[nH]c(CSc3ccccn3)nc2c1. The highest BCUT2D eigenvalue weighted by Crippen LogP contribution is 2.21. The van der Waals surface area contributed by atoms with Crippen molar-refractivity contribution in [3.8, 4) is 0 Å². The van der Waals surface area contributed by atoms with Gasteiger partial charge in [-0.3, -0.25) is 0 Å². The summed E-state index contributed by atoms with van der Waals surface area (Å²) >= 11 is 1.69. The van der Waals surface area contributed by atoms with Crippen LogP contribution in [-0.4, -0.2) is 15.0 Å². The minimum atomic E-state index is 0.810. The largest absolute Gasteiger partial charge is 0.341 e. The van der Waals surface area contributed by atoms with Crippen LogP contribution in [0.5, 0.6) is 0 Å². The van der Waals surface area contributed by atoms with Crippen LogP contribution in [0.25, 0.3) is 11.0 Å². The predicted molar refractivity (Wildman–Crippen MR) is 74.6 cm³/mol. The Balaban J connectivity index is 1.79. The van der Waals surface area contributed by atoms with E-state index in [1.54, 1.807) is 11.8 Å². The fourth-order valence-corrected chi connectivity index (χ4v) is 2.54. The van der Waals surface area contributed by atoms with Crippen LogP contribution >= 0.6 is 11.8 Å². The molecule has 0 saturated heterocycles. The summed E-state index contributed by atoms with van der Waals surface area (Å²) in [5.41, 5.74) is 3.36. The molecule has 4 heteroatoms. The molecule has 0 aliphatic rings. The van der Waals surface area contributed by atoms with Crippen LogP contribution in [-0.2, 0) is 5.75 Å². The first-order valence-electron chi connectivity index (χ1n) is 5.80. The molecule has 0 atom stereocenters. The lowest BCUT2D eigenvalue weighted by molar-refractivity contribution is 1.10. The van der Waals surface area contributed by atoms with E-state index in [0.29, 0.717) is 0 Å². The summed E-state index contributed by atoms with van der Waals surface area (Å²) in [7, 11) is 0. The lowest BCUT2D eigenvalue weighted by Gasteiger charge is -1.96. The summed E-state index contributed by atoms with van der Waals surface area (Å²) in [4.78, 5) is 12.2. The average Bonchev–Trinajstić information content (AvgIpc) is 2.79. The fourth-order valence-electron chi connectivity index (χ4n) is 1.81. The van der Waals surface area contributed by atoms with Gasteiger partial charge in [0, 0.05) is 6.20 Å². The van der Waals surface area contributed by atoms with Gasteiger partial charge in [-0.05, 0) is 36.8 Å². The molecule has 1 N–H and O–H groups in total. The van der Waals surface area contributed by atoms with Gasteiger partial charge in [-0.15, -0.1) is 0 Å². The number of H-pyrrole nitrogens is 1. The van der Waals surface area contributed by atoms with Gasteiger partial charge in [0.05, 0.1) is 21.8 Å². The van der Waals surface area contributed by atoms with Crippen LogP contribution in [0, 0.1) is 6.92 Å². The standard InChI is InChI=1S/C14H13N3S/c1-10-5-6-11-12(8-10)17-13(16-11)9-18-14-4-2-3-7-15-14/h2-8H,9H2,1H3,(H,16,17). The van der Waals surface area contributed by atoms with E-state index < -0.39 is 0 Å². The van der Waals surface area contributed by atoms with E-state index in [1.165, 1.54) is 5.56 Å². The Morgan fingerprint density at radius 3 is 3.00 bits per heavy atom. The molecule has 3 nitrogen and oxygen atoms in total. The molecule has 1 aromatic carbocycles. The van der Waals surface area contributed by atoms with E-state index >= 15 is 0 Å². The van der Waals surface area contributed by atoms with Crippen molar-refractivity contribution in [2.75, 3.05) is 0 Å². The summed E-state index contributed by atoms with van der Waals surface area (Å²) in [5, 5.41) is 1.02. The number of imidazole rings is 1. The number of aromatic amines is 1. The fraction of sp³-hybridized carbons (Fsp3) is 0.143. The van der Waals surface area contributed by atoms with Crippen molar-refractivity contribution in [2.24, 2.45) is 0 Å². The zero-order chi connectivity index (χ0) is 12.4. The molecule has 0 radical (unpaired) electrons. The van der Waals surface area contributed by atoms with Crippen LogP contribution in [0.4, 0.5) is 0 Å². The maximum atomic E-state index is 4.58. The molecular weight excluding hydrogens is 242 g/mol. The van der Waals surface area contributed by atoms with Crippen molar-refractivity contribution in [1.82, 2.24) is 15.0 Å². The Labute approximate surface area is 110 Å². The molecule has 3 rings (SSSR count). The van der Waals surface area contributed by atoms with E-state index in [9.17, 15) is 0 Å². The highest BCUT2D eigenvalue weighted by molar-refractivity contribution is 7.98. The maximum Gasteiger partial charge on any atom is 0.117 e. The molecule has 0 aliphatic carbocycles. The third-order valence-electron chi connectivity index (χ3n) is 2.68. The summed E-state index contributed by atoms with van der Waals surface area (Å²) < 4.78 is 0. The van der Waals surface area contributed by atoms with Gasteiger partial charge in [-0.2, -0.15) is 0 Å². The first-order chi connectivity index (χ1) is 8.81. The molecule has 0 amide bonds. The van der Waals surface area contributed by atoms with Crippen molar-refractivity contribution in [3.05, 3.63) is 54.0 Å². The Hall–Kier alpha value is -1.81. The van der Waals surface area contributed by atoms with Crippen molar-refractivity contribution >= 4 is 22.8 Å². The summed E-state index contributed by atoms with van der Waals surface area (Å²) in [6, 6.07) is 12.2. The van der Waals surface area contributed by atoms with E-state index in [2.05, 4.69) is 40.1 Å². The third kappa shape index (κ3) is 2.38. The number of rotatable bonds is 3. The second-order valence-electron chi connectivity index (χ2n) is 4.16. The molecule has 0 fully saturated rings. The first kappa shape index (κ1) is 11.3. The molecule has 0 bridgehead atoms. The number of fused-ring (bicyclic) bond motifs is 1. The molecule has 0 unspecified atom stereocenters. The van der Waals surface area contributed by atoms with Crippen LogP contribution < -0.4 is 0 Å². The lowest BCUT2D eigenvalue weighted by Crippen LogP contribution is -1.84. The monoisotopic (exact) mass is 255 g/mol. The van der Waals surface area contributed by atoms with Crippen molar-refractivity contribution in [3.63, 3.8) is 0 Å². The second-order valence-corrected chi connectivity index (χ2v) is 5.16. The Bertz CT molecular complexity index is 661. The van der Waals surface area contributed by atoms with Gasteiger partial charge in [0.1, 0.15) is 5.82 Å². The number of hydrogen-bond donors (Lipinski definition) is 1. The molecule has 3 aromatic rings. The smallest absolute Gasteiger partial charge is 0.117 e. The summed E-state index contributed by atoms with van der Waals surface area (Å²) in [6.45, 7) is 2.08. The lowest BCUT2D eigenvalue weighted by atomic mass is 10.2. The number of pyridine rings is 1. The highest BCUT2D eigenvalue weighted by Gasteiger charge is 2.03. The summed E-state index contributed by atoms with van der Waals surface area (Å²) in [6.07, 6.45) is 1.81. The van der Waals surface area contributed by atoms with Crippen molar-refractivity contribution in [1.29, 1.82) is 0 Å². The third-order valence-corrected chi connectivity index (χ3v) is 3.64. The number of nitrogens with one attached hydrogen (secondary N) is 1. The molecule has 0 saturated carbocycles. The van der Waals surface area contributed by atoms with Gasteiger partial charge in [0.15, 0.2) is 0 Å². The van der Waals surface area contributed by atoms with E-state index in [1.807, 2.05) is 24.4 Å². The van der Waals surface area contributed by atoms with Crippen molar-refractivity contribution in [2.45, 2.75) is 17.7 Å². The minimum absolute atomic E-state index is 0.810. The molecule has 18 heavy (non-hydrogen) atoms. The van der Waals surface area contributed by atoms with E-state index in [0.717, 1.165) is 27.6 Å². The normalized spacial score (nSPS) is 10.9. The van der Waals surface area contributed by atoms with Gasteiger partial charge in [0.2, 0.25) is 0 Å². The molecule has 90 valence electrons. The second kappa shape index (κ2) is 4.82. The predicted octanol–water partition coefficient (Wildman–Crippen LogP) is 3.56. The Morgan fingerprint density at radius 1 is 1.22 bits per heavy atom. The minimum Gasteiger partial charge on any atom is -0.341 e. The van der Waals surface area contributed by atoms with Gasteiger partial charge < -0.3 is 4.98 Å². The number of hydrogen-bond acceptors (Lipinski definition) is 3. The molecule has 0 spiro atoms. The number of thioether (sulfide) groups is 1. The highest BCUT2D eigenvalue weighted by atomic mass is 32.2. The van der Waals surface area contributed by atoms with E-state index in [-0.39, 0.29) is 0 Å². The van der Waals surface area contributed by atoms with Gasteiger partial charge >= 0.3 is 0 Å². The number of benzene rings is 1. The maximum absolute atomic E-state index is 4.58. The van der Waals surface area contributed by atoms with Gasteiger partial charge in [-0.1, -0.05) is 23.9 Å². The number of aromatic nitrogens is 3. The van der Waals surface area contributed by atoms with Crippen LogP contribution in [0.2, 0.25) is 0 Å². The molecule has 0 aliphatic heterocycles. The number of nitrogens with zero attached hydrogens (tertiary/aromatic N) is 2. The quantitative estimate of drug-likeness (QED) is 0.728. The van der Waals surface area contributed by atoms with E-state index in [4.69, 9.17) is 0 Å². The Morgan fingerprint density at radius 2 is 2.17 bits per heavy atom. The molecule has 2 heterocycles.